The van der Waals surface area contributed by atoms with Crippen LogP contribution in [0.4, 0.5) is 0 Å². The number of carbonyl (C=O) groups is 2. The van der Waals surface area contributed by atoms with Crippen molar-refractivity contribution in [3.05, 3.63) is 54.1 Å². The van der Waals surface area contributed by atoms with Gasteiger partial charge in [-0.3, -0.25) is 9.59 Å². The molecule has 1 aliphatic heterocycles. The van der Waals surface area contributed by atoms with Gasteiger partial charge in [0, 0.05) is 17.5 Å². The van der Waals surface area contributed by atoms with E-state index >= 15 is 0 Å². The molecule has 5 atom stereocenters. The van der Waals surface area contributed by atoms with E-state index in [0.717, 1.165) is 0 Å². The highest BCUT2D eigenvalue weighted by Crippen LogP contribution is 2.33. The first kappa shape index (κ1) is 22.9. The maximum atomic E-state index is 12.1. The van der Waals surface area contributed by atoms with Gasteiger partial charge >= 0.3 is 5.97 Å². The predicted molar refractivity (Wildman–Crippen MR) is 107 cm³/mol. The Balaban J connectivity index is 1.79. The number of carbonyl (C=O) groups excluding carboxylic acids is 1. The first-order valence-electron chi connectivity index (χ1n) is 9.73. The van der Waals surface area contributed by atoms with Crippen LogP contribution in [0.2, 0.25) is 0 Å². The van der Waals surface area contributed by atoms with Gasteiger partial charge in [-0.15, -0.1) is 0 Å². The van der Waals surface area contributed by atoms with Crippen LogP contribution in [0.3, 0.4) is 0 Å². The number of ketones is 1. The van der Waals surface area contributed by atoms with E-state index in [4.69, 9.17) is 14.6 Å². The fourth-order valence-corrected chi connectivity index (χ4v) is 3.30. The molecule has 0 saturated carbocycles. The van der Waals surface area contributed by atoms with E-state index in [-0.39, 0.29) is 18.6 Å². The molecule has 0 spiro atoms. The molecule has 9 heteroatoms. The summed E-state index contributed by atoms with van der Waals surface area (Å²) in [6.07, 6.45) is -7.33. The Morgan fingerprint density at radius 3 is 2.23 bits per heavy atom. The molecule has 1 saturated heterocycles. The van der Waals surface area contributed by atoms with Crippen molar-refractivity contribution >= 4 is 11.8 Å². The fourth-order valence-electron chi connectivity index (χ4n) is 3.30. The number of benzene rings is 2. The second kappa shape index (κ2) is 9.99. The summed E-state index contributed by atoms with van der Waals surface area (Å²) in [5.74, 6) is -0.999. The number of rotatable bonds is 8. The number of carboxylic acids is 1. The molecule has 0 unspecified atom stereocenters. The van der Waals surface area contributed by atoms with E-state index in [1.807, 2.05) is 0 Å². The lowest BCUT2D eigenvalue weighted by molar-refractivity contribution is -0.277. The summed E-state index contributed by atoms with van der Waals surface area (Å²) in [6.45, 7) is -0.566. The second-order valence-corrected chi connectivity index (χ2v) is 7.21. The summed E-state index contributed by atoms with van der Waals surface area (Å²) >= 11 is 0. The molecule has 1 heterocycles. The lowest BCUT2D eigenvalue weighted by Crippen LogP contribution is -2.60. The summed E-state index contributed by atoms with van der Waals surface area (Å²) in [5, 5.41) is 48.1. The number of hydrogen-bond donors (Lipinski definition) is 5. The Hall–Kier alpha value is -2.82. The average molecular weight is 432 g/mol. The molecule has 2 aromatic rings. The number of aliphatic carboxylic acids is 1. The topological polar surface area (TPSA) is 154 Å². The molecular weight excluding hydrogens is 408 g/mol. The Kier molecular flexibility index (Phi) is 7.37. The van der Waals surface area contributed by atoms with Crippen LogP contribution in [0.1, 0.15) is 23.2 Å². The largest absolute Gasteiger partial charge is 0.481 e. The van der Waals surface area contributed by atoms with Crippen LogP contribution in [0.15, 0.2) is 48.5 Å². The molecule has 5 N–H and O–H groups in total. The predicted octanol–water partition coefficient (Wildman–Crippen LogP) is 0.580. The monoisotopic (exact) mass is 432 g/mol. The van der Waals surface area contributed by atoms with Gasteiger partial charge in [-0.05, 0) is 11.6 Å². The van der Waals surface area contributed by atoms with Crippen molar-refractivity contribution in [3.8, 4) is 16.9 Å². The minimum Gasteiger partial charge on any atom is -0.481 e. The first-order valence-corrected chi connectivity index (χ1v) is 9.73. The maximum absolute atomic E-state index is 12.1. The highest BCUT2D eigenvalue weighted by Gasteiger charge is 2.44. The number of carboxylic acid groups (broad SMARTS) is 1. The number of hydrogen-bond acceptors (Lipinski definition) is 8. The van der Waals surface area contributed by atoms with Gasteiger partial charge in [-0.25, -0.2) is 0 Å². The molecule has 0 aromatic heterocycles. The van der Waals surface area contributed by atoms with E-state index in [9.17, 15) is 30.0 Å². The SMILES string of the molecule is O=C(O)CCC(=O)c1ccc(-c2ccccc2O[C@H]2O[C@H](CO)[C@@H](O)[C@@H](O)[C@@H]2O)cc1. The molecule has 31 heavy (non-hydrogen) atoms. The van der Waals surface area contributed by atoms with Gasteiger partial charge in [-0.1, -0.05) is 42.5 Å². The zero-order valence-electron chi connectivity index (χ0n) is 16.5. The summed E-state index contributed by atoms with van der Waals surface area (Å²) in [5.41, 5.74) is 1.69. The van der Waals surface area contributed by atoms with Crippen LogP contribution >= 0.6 is 0 Å². The second-order valence-electron chi connectivity index (χ2n) is 7.21. The molecule has 2 aromatic carbocycles. The van der Waals surface area contributed by atoms with Gasteiger partial charge in [0.25, 0.3) is 0 Å². The number of para-hydroxylation sites is 1. The normalized spacial score (nSPS) is 25.7. The zero-order valence-corrected chi connectivity index (χ0v) is 16.5. The van der Waals surface area contributed by atoms with Crippen LogP contribution < -0.4 is 4.74 Å². The molecule has 0 bridgehead atoms. The molecule has 0 radical (unpaired) electrons. The molecule has 9 nitrogen and oxygen atoms in total. The van der Waals surface area contributed by atoms with Crippen LogP contribution in [-0.4, -0.2) is 74.6 Å². The number of ether oxygens (including phenoxy) is 2. The lowest BCUT2D eigenvalue weighted by atomic mass is 9.99. The van der Waals surface area contributed by atoms with Crippen LogP contribution in [0.5, 0.6) is 5.75 Å². The number of aliphatic hydroxyl groups is 4. The van der Waals surface area contributed by atoms with Gasteiger partial charge in [0.2, 0.25) is 6.29 Å². The highest BCUT2D eigenvalue weighted by atomic mass is 16.7. The van der Waals surface area contributed by atoms with Crippen molar-refractivity contribution < 1.29 is 44.6 Å². The fraction of sp³-hybridized carbons (Fsp3) is 0.364. The molecule has 166 valence electrons. The van der Waals surface area contributed by atoms with Crippen molar-refractivity contribution in [2.45, 2.75) is 43.5 Å². The Bertz CT molecular complexity index is 909. The van der Waals surface area contributed by atoms with Gasteiger partial charge < -0.3 is 35.0 Å². The lowest BCUT2D eigenvalue weighted by Gasteiger charge is -2.39. The van der Waals surface area contributed by atoms with Crippen LogP contribution in [0.25, 0.3) is 11.1 Å². The quantitative estimate of drug-likeness (QED) is 0.377. The third-order valence-corrected chi connectivity index (χ3v) is 5.06. The van der Waals surface area contributed by atoms with E-state index in [1.165, 1.54) is 0 Å². The molecule has 3 rings (SSSR count). The van der Waals surface area contributed by atoms with E-state index in [1.54, 1.807) is 48.5 Å². The van der Waals surface area contributed by atoms with Crippen molar-refractivity contribution in [1.82, 2.24) is 0 Å². The van der Waals surface area contributed by atoms with Gasteiger partial charge in [0.05, 0.1) is 13.0 Å². The Morgan fingerprint density at radius 1 is 0.903 bits per heavy atom. The van der Waals surface area contributed by atoms with Gasteiger partial charge in [0.15, 0.2) is 5.78 Å². The zero-order chi connectivity index (χ0) is 22.5. The third kappa shape index (κ3) is 5.27. The van der Waals surface area contributed by atoms with Crippen molar-refractivity contribution in [3.63, 3.8) is 0 Å². The molecule has 0 amide bonds. The van der Waals surface area contributed by atoms with Crippen LogP contribution in [0, 0.1) is 0 Å². The summed E-state index contributed by atoms with van der Waals surface area (Å²) in [6, 6.07) is 13.4. The number of aliphatic hydroxyl groups excluding tert-OH is 4. The minimum absolute atomic E-state index is 0.0918. The molecule has 0 aliphatic carbocycles. The van der Waals surface area contributed by atoms with Crippen LogP contribution in [-0.2, 0) is 9.53 Å². The summed E-state index contributed by atoms with van der Waals surface area (Å²) in [4.78, 5) is 22.7. The van der Waals surface area contributed by atoms with Gasteiger partial charge in [-0.2, -0.15) is 0 Å². The van der Waals surface area contributed by atoms with E-state index in [0.29, 0.717) is 22.4 Å². The third-order valence-electron chi connectivity index (χ3n) is 5.06. The minimum atomic E-state index is -1.56. The summed E-state index contributed by atoms with van der Waals surface area (Å²) < 4.78 is 11.2. The Morgan fingerprint density at radius 2 is 1.58 bits per heavy atom. The average Bonchev–Trinajstić information content (AvgIpc) is 2.78. The highest BCUT2D eigenvalue weighted by molar-refractivity contribution is 5.97. The van der Waals surface area contributed by atoms with E-state index < -0.39 is 43.3 Å². The molecule has 1 aliphatic rings. The smallest absolute Gasteiger partial charge is 0.303 e. The van der Waals surface area contributed by atoms with Gasteiger partial charge in [0.1, 0.15) is 30.2 Å². The van der Waals surface area contributed by atoms with Crippen molar-refractivity contribution in [2.75, 3.05) is 6.61 Å². The van der Waals surface area contributed by atoms with Crippen molar-refractivity contribution in [2.24, 2.45) is 0 Å². The molecule has 1 fully saturated rings. The Labute approximate surface area is 178 Å². The van der Waals surface area contributed by atoms with E-state index in [2.05, 4.69) is 0 Å². The molecular formula is C22H24O9. The number of Topliss-reactive ketones (excluding diaryl/α,β-unsaturated/α-hetero) is 1. The standard InChI is InChI=1S/C22H24O9/c23-11-17-19(27)20(28)21(29)22(31-17)30-16-4-2-1-3-14(16)12-5-7-13(8-6-12)15(24)9-10-18(25)26/h1-8,17,19-23,27-29H,9-11H2,(H,25,26)/t17-,19-,20-,21+,22+/m1/s1. The maximum Gasteiger partial charge on any atom is 0.303 e. The van der Waals surface area contributed by atoms with Crippen molar-refractivity contribution in [1.29, 1.82) is 0 Å². The first-order chi connectivity index (χ1) is 14.8. The summed E-state index contributed by atoms with van der Waals surface area (Å²) in [7, 11) is 0.